The maximum absolute atomic E-state index is 12.1. The van der Waals surface area contributed by atoms with Crippen molar-refractivity contribution >= 4 is 17.4 Å². The van der Waals surface area contributed by atoms with Gasteiger partial charge in [0.05, 0.1) is 0 Å². The van der Waals surface area contributed by atoms with Crippen molar-refractivity contribution in [3.8, 4) is 11.5 Å². The summed E-state index contributed by atoms with van der Waals surface area (Å²) >= 11 is 0. The van der Waals surface area contributed by atoms with Gasteiger partial charge in [0, 0.05) is 24.4 Å². The largest absolute Gasteiger partial charge is 0.454 e. The van der Waals surface area contributed by atoms with Gasteiger partial charge in [-0.1, -0.05) is 13.8 Å². The van der Waals surface area contributed by atoms with Crippen LogP contribution in [0.2, 0.25) is 0 Å². The van der Waals surface area contributed by atoms with E-state index in [4.69, 9.17) is 9.47 Å². The lowest BCUT2D eigenvalue weighted by atomic mass is 10.1. The van der Waals surface area contributed by atoms with Gasteiger partial charge in [-0.05, 0) is 24.5 Å². The van der Waals surface area contributed by atoms with Crippen LogP contribution in [0.4, 0.5) is 11.5 Å². The summed E-state index contributed by atoms with van der Waals surface area (Å²) in [7, 11) is 0. The van der Waals surface area contributed by atoms with Gasteiger partial charge in [0.1, 0.15) is 17.8 Å². The summed E-state index contributed by atoms with van der Waals surface area (Å²) in [6.45, 7) is 5.09. The number of carbonyl (C=O) groups is 1. The molecule has 2 heterocycles. The Hall–Kier alpha value is -2.83. The van der Waals surface area contributed by atoms with Crippen LogP contribution in [0.1, 0.15) is 30.8 Å². The summed E-state index contributed by atoms with van der Waals surface area (Å²) in [6, 6.07) is 7.13. The quantitative estimate of drug-likeness (QED) is 0.848. The number of ether oxygens (including phenoxy) is 2. The number of anilines is 2. The third kappa shape index (κ3) is 3.92. The molecule has 1 aliphatic heterocycles. The van der Waals surface area contributed by atoms with Crippen LogP contribution >= 0.6 is 0 Å². The van der Waals surface area contributed by atoms with E-state index in [1.165, 1.54) is 6.33 Å². The van der Waals surface area contributed by atoms with Crippen LogP contribution < -0.4 is 20.1 Å². The first kappa shape index (κ1) is 16.0. The molecule has 0 unspecified atom stereocenters. The Labute approximate surface area is 140 Å². The lowest BCUT2D eigenvalue weighted by Crippen LogP contribution is -2.26. The van der Waals surface area contributed by atoms with Crippen LogP contribution in [0, 0.1) is 5.92 Å². The highest BCUT2D eigenvalue weighted by Crippen LogP contribution is 2.34. The number of hydrogen-bond acceptors (Lipinski definition) is 6. The Morgan fingerprint density at radius 3 is 2.88 bits per heavy atom. The zero-order chi connectivity index (χ0) is 16.9. The average Bonchev–Trinajstić information content (AvgIpc) is 3.02. The molecular formula is C17H20N4O3. The molecule has 2 aromatic rings. The molecule has 0 saturated heterocycles. The first-order valence-electron chi connectivity index (χ1n) is 7.89. The van der Waals surface area contributed by atoms with E-state index in [0.717, 1.165) is 12.1 Å². The zero-order valence-electron chi connectivity index (χ0n) is 13.7. The molecule has 1 aliphatic rings. The Balaban J connectivity index is 1.65. The molecule has 3 rings (SSSR count). The number of nitrogens with zero attached hydrogens (tertiary/aromatic N) is 2. The lowest BCUT2D eigenvalue weighted by Gasteiger charge is -2.09. The van der Waals surface area contributed by atoms with Gasteiger partial charge in [0.2, 0.25) is 6.79 Å². The Kier molecular flexibility index (Phi) is 4.79. The molecular weight excluding hydrogens is 308 g/mol. The number of rotatable bonds is 6. The van der Waals surface area contributed by atoms with Crippen LogP contribution in [0.25, 0.3) is 0 Å². The fourth-order valence-corrected chi connectivity index (χ4v) is 2.24. The monoisotopic (exact) mass is 328 g/mol. The van der Waals surface area contributed by atoms with Crippen LogP contribution in [0.15, 0.2) is 30.6 Å². The van der Waals surface area contributed by atoms with Crippen molar-refractivity contribution in [3.63, 3.8) is 0 Å². The molecule has 0 radical (unpaired) electrons. The van der Waals surface area contributed by atoms with Crippen LogP contribution in [0.3, 0.4) is 0 Å². The van der Waals surface area contributed by atoms with E-state index in [0.29, 0.717) is 35.5 Å². The van der Waals surface area contributed by atoms with E-state index >= 15 is 0 Å². The van der Waals surface area contributed by atoms with Gasteiger partial charge < -0.3 is 20.1 Å². The molecule has 126 valence electrons. The van der Waals surface area contributed by atoms with Gasteiger partial charge in [-0.25, -0.2) is 9.97 Å². The summed E-state index contributed by atoms with van der Waals surface area (Å²) < 4.78 is 10.6. The summed E-state index contributed by atoms with van der Waals surface area (Å²) in [5.41, 5.74) is 1.13. The fraction of sp³-hybridized carbons (Fsp3) is 0.353. The van der Waals surface area contributed by atoms with Crippen LogP contribution in [0.5, 0.6) is 11.5 Å². The smallest absolute Gasteiger partial charge is 0.270 e. The molecule has 0 saturated carbocycles. The lowest BCUT2D eigenvalue weighted by molar-refractivity contribution is 0.0947. The molecule has 1 amide bonds. The number of benzene rings is 1. The van der Waals surface area contributed by atoms with E-state index in [2.05, 4.69) is 34.4 Å². The van der Waals surface area contributed by atoms with E-state index in [-0.39, 0.29) is 12.7 Å². The number of fused-ring (bicyclic) bond motifs is 1. The third-order valence-corrected chi connectivity index (χ3v) is 3.55. The number of nitrogens with one attached hydrogen (secondary N) is 2. The number of aromatic nitrogens is 2. The minimum atomic E-state index is -0.202. The maximum atomic E-state index is 12.1. The fourth-order valence-electron chi connectivity index (χ4n) is 2.24. The van der Waals surface area contributed by atoms with Crippen molar-refractivity contribution in [2.45, 2.75) is 20.3 Å². The molecule has 0 atom stereocenters. The molecule has 0 bridgehead atoms. The SMILES string of the molecule is CC(C)CCNC(=O)c1cc(Nc2ccc3c(c2)OCO3)ncn1. The second-order valence-corrected chi connectivity index (χ2v) is 5.92. The van der Waals surface area contributed by atoms with Crippen molar-refractivity contribution < 1.29 is 14.3 Å². The van der Waals surface area contributed by atoms with E-state index in [1.807, 2.05) is 18.2 Å². The van der Waals surface area contributed by atoms with Crippen molar-refractivity contribution in [2.75, 3.05) is 18.7 Å². The van der Waals surface area contributed by atoms with Gasteiger partial charge in [-0.15, -0.1) is 0 Å². The number of hydrogen-bond donors (Lipinski definition) is 2. The van der Waals surface area contributed by atoms with E-state index < -0.39 is 0 Å². The number of carbonyl (C=O) groups excluding carboxylic acids is 1. The van der Waals surface area contributed by atoms with Crippen molar-refractivity contribution in [3.05, 3.63) is 36.3 Å². The van der Waals surface area contributed by atoms with Crippen molar-refractivity contribution in [1.29, 1.82) is 0 Å². The van der Waals surface area contributed by atoms with E-state index in [9.17, 15) is 4.79 Å². The third-order valence-electron chi connectivity index (χ3n) is 3.55. The van der Waals surface area contributed by atoms with Gasteiger partial charge in [-0.2, -0.15) is 0 Å². The summed E-state index contributed by atoms with van der Waals surface area (Å²) in [4.78, 5) is 20.3. The highest BCUT2D eigenvalue weighted by molar-refractivity contribution is 5.92. The molecule has 0 aliphatic carbocycles. The molecule has 7 heteroatoms. The summed E-state index contributed by atoms with van der Waals surface area (Å²) in [5, 5.41) is 6.00. The molecule has 1 aromatic carbocycles. The first-order valence-corrected chi connectivity index (χ1v) is 7.89. The number of amides is 1. The molecule has 0 spiro atoms. The van der Waals surface area contributed by atoms with Crippen LogP contribution in [-0.2, 0) is 0 Å². The summed E-state index contributed by atoms with van der Waals surface area (Å²) in [5.74, 6) is 2.28. The first-order chi connectivity index (χ1) is 11.6. The Morgan fingerprint density at radius 1 is 1.21 bits per heavy atom. The van der Waals surface area contributed by atoms with E-state index in [1.54, 1.807) is 6.07 Å². The van der Waals surface area contributed by atoms with Crippen LogP contribution in [-0.4, -0.2) is 29.2 Å². The highest BCUT2D eigenvalue weighted by Gasteiger charge is 2.14. The topological polar surface area (TPSA) is 85.4 Å². The maximum Gasteiger partial charge on any atom is 0.270 e. The predicted octanol–water partition coefficient (Wildman–Crippen LogP) is 2.72. The standard InChI is InChI=1S/C17H20N4O3/c1-11(2)5-6-18-17(22)13-8-16(20-9-19-13)21-12-3-4-14-15(7-12)24-10-23-14/h3-4,7-9,11H,5-6,10H2,1-2H3,(H,18,22)(H,19,20,21). The zero-order valence-corrected chi connectivity index (χ0v) is 13.7. The minimum Gasteiger partial charge on any atom is -0.454 e. The highest BCUT2D eigenvalue weighted by atomic mass is 16.7. The molecule has 1 aromatic heterocycles. The second-order valence-electron chi connectivity index (χ2n) is 5.92. The predicted molar refractivity (Wildman–Crippen MR) is 89.7 cm³/mol. The van der Waals surface area contributed by atoms with Crippen molar-refractivity contribution in [2.24, 2.45) is 5.92 Å². The minimum absolute atomic E-state index is 0.202. The molecule has 7 nitrogen and oxygen atoms in total. The van der Waals surface area contributed by atoms with Gasteiger partial charge in [-0.3, -0.25) is 4.79 Å². The molecule has 2 N–H and O–H groups in total. The van der Waals surface area contributed by atoms with Crippen molar-refractivity contribution in [1.82, 2.24) is 15.3 Å². The Morgan fingerprint density at radius 2 is 2.04 bits per heavy atom. The normalized spacial score (nSPS) is 12.3. The van der Waals surface area contributed by atoms with Gasteiger partial charge >= 0.3 is 0 Å². The second kappa shape index (κ2) is 7.16. The Bertz CT molecular complexity index is 734. The molecule has 24 heavy (non-hydrogen) atoms. The average molecular weight is 328 g/mol. The summed E-state index contributed by atoms with van der Waals surface area (Å²) in [6.07, 6.45) is 2.30. The van der Waals surface area contributed by atoms with Gasteiger partial charge in [0.15, 0.2) is 11.5 Å². The van der Waals surface area contributed by atoms with Gasteiger partial charge in [0.25, 0.3) is 5.91 Å². The molecule has 0 fully saturated rings.